The lowest BCUT2D eigenvalue weighted by molar-refractivity contribution is -0.107. The smallest absolute Gasteiger partial charge is 0.227 e. The predicted octanol–water partition coefficient (Wildman–Crippen LogP) is 4.59. The highest BCUT2D eigenvalue weighted by Gasteiger charge is 2.38. The van der Waals surface area contributed by atoms with Gasteiger partial charge >= 0.3 is 0 Å². The second-order valence-electron chi connectivity index (χ2n) is 11.3. The van der Waals surface area contributed by atoms with Crippen molar-refractivity contribution in [3.05, 3.63) is 47.0 Å². The summed E-state index contributed by atoms with van der Waals surface area (Å²) in [4.78, 5) is 24.8. The Morgan fingerprint density at radius 3 is 2.57 bits per heavy atom. The van der Waals surface area contributed by atoms with Crippen LogP contribution >= 0.6 is 0 Å². The number of hydrogen-bond acceptors (Lipinski definition) is 6. The van der Waals surface area contributed by atoms with Crippen LogP contribution in [-0.4, -0.2) is 72.6 Å². The third-order valence-electron chi connectivity index (χ3n) is 8.57. The molecule has 1 aliphatic carbocycles. The summed E-state index contributed by atoms with van der Waals surface area (Å²) in [5, 5.41) is 14.8. The average Bonchev–Trinajstić information content (AvgIpc) is 3.62. The van der Waals surface area contributed by atoms with Crippen molar-refractivity contribution in [3.63, 3.8) is 0 Å². The Balaban J connectivity index is 1.64. The molecule has 2 aromatic carbocycles. The molecular formula is C32H33F2N5O3. The van der Waals surface area contributed by atoms with Crippen LogP contribution < -0.4 is 15.0 Å². The molecule has 2 unspecified atom stereocenters. The molecule has 10 heteroatoms. The molecule has 1 saturated carbocycles. The number of amidine groups is 1. The number of likely N-dealkylation sites (tertiary alicyclic amines) is 1. The molecule has 1 aromatic heterocycles. The Morgan fingerprint density at radius 2 is 1.93 bits per heavy atom. The first kappa shape index (κ1) is 27.9. The number of hydrogen-bond donors (Lipinski definition) is 2. The van der Waals surface area contributed by atoms with Crippen molar-refractivity contribution >= 4 is 28.7 Å². The number of aromatic nitrogens is 1. The summed E-state index contributed by atoms with van der Waals surface area (Å²) in [7, 11) is 3.10. The number of carbonyl (C=O) groups excluding carboxylic acids is 1. The largest absolute Gasteiger partial charge is 0.508 e. The first-order chi connectivity index (χ1) is 20.3. The normalized spacial score (nSPS) is 20.6. The van der Waals surface area contributed by atoms with Gasteiger partial charge in [0, 0.05) is 50.2 Å². The lowest BCUT2D eigenvalue weighted by Crippen LogP contribution is -2.53. The van der Waals surface area contributed by atoms with Crippen molar-refractivity contribution in [2.45, 2.75) is 56.7 Å². The summed E-state index contributed by atoms with van der Waals surface area (Å²) < 4.78 is 38.3. The molecule has 3 heterocycles. The van der Waals surface area contributed by atoms with E-state index in [0.717, 1.165) is 43.4 Å². The van der Waals surface area contributed by atoms with Gasteiger partial charge in [-0.2, -0.15) is 0 Å². The summed E-state index contributed by atoms with van der Waals surface area (Å²) in [5.41, 5.74) is 0.0187. The van der Waals surface area contributed by atoms with Crippen LogP contribution in [-0.2, 0) is 4.79 Å². The molecule has 2 bridgehead atoms. The summed E-state index contributed by atoms with van der Waals surface area (Å²) in [6.07, 6.45) is 11.7. The fourth-order valence-electron chi connectivity index (χ4n) is 6.68. The number of anilines is 1. The third kappa shape index (κ3) is 4.81. The minimum atomic E-state index is -0.836. The molecule has 3 fully saturated rings. The number of amides is 1. The molecule has 0 spiro atoms. The maximum atomic E-state index is 16.9. The summed E-state index contributed by atoms with van der Waals surface area (Å²) >= 11 is 0. The monoisotopic (exact) mass is 573 g/mol. The molecule has 2 saturated heterocycles. The van der Waals surface area contributed by atoms with Crippen LogP contribution in [0, 0.1) is 24.0 Å². The lowest BCUT2D eigenvalue weighted by atomic mass is 9.95. The maximum Gasteiger partial charge on any atom is 0.227 e. The van der Waals surface area contributed by atoms with Gasteiger partial charge in [0.25, 0.3) is 0 Å². The van der Waals surface area contributed by atoms with Gasteiger partial charge in [-0.1, -0.05) is 12.0 Å². The number of pyridine rings is 1. The van der Waals surface area contributed by atoms with Crippen LogP contribution in [0.5, 0.6) is 11.6 Å². The number of phenolic OH excluding ortho intramolecular Hbond substituents is 1. The van der Waals surface area contributed by atoms with E-state index in [1.807, 2.05) is 0 Å². The number of aromatic hydroxyl groups is 1. The second kappa shape index (κ2) is 11.2. The second-order valence-corrected chi connectivity index (χ2v) is 11.3. The Kier molecular flexibility index (Phi) is 7.45. The zero-order valence-corrected chi connectivity index (χ0v) is 23.7. The summed E-state index contributed by atoms with van der Waals surface area (Å²) in [6, 6.07) is 5.97. The molecule has 3 aliphatic rings. The fraction of sp³-hybridized carbons (Fsp3) is 0.406. The number of terminal acetylenes is 1. The number of piperazine rings is 1. The predicted molar refractivity (Wildman–Crippen MR) is 158 cm³/mol. The van der Waals surface area contributed by atoms with E-state index in [-0.39, 0.29) is 63.3 Å². The van der Waals surface area contributed by atoms with Gasteiger partial charge in [0.1, 0.15) is 34.8 Å². The highest BCUT2D eigenvalue weighted by atomic mass is 19.1. The first-order valence-corrected chi connectivity index (χ1v) is 14.3. The van der Waals surface area contributed by atoms with E-state index in [1.54, 1.807) is 7.05 Å². The van der Waals surface area contributed by atoms with Gasteiger partial charge in [0.05, 0.1) is 11.3 Å². The maximum absolute atomic E-state index is 16.9. The molecular weight excluding hydrogens is 540 g/mol. The number of aliphatic imine (C=N–C) groups is 1. The third-order valence-corrected chi connectivity index (χ3v) is 8.57. The van der Waals surface area contributed by atoms with E-state index in [1.165, 1.54) is 31.3 Å². The number of benzene rings is 2. The average molecular weight is 574 g/mol. The standard InChI is InChI=1S/C32H33F2N5O3/c1-4-23-25(33)12-9-18-13-21(41)14-24(26(18)23)29-28(34)30(38(3)17-40)27(32(37-29)42-22-7-5-6-8-22)31(35-2)39-15-19-10-11-20(16-39)36-19/h1,9,12-14,17,19-20,22,36,41H,5-8,10-11,15-16H2,2-3H3. The van der Waals surface area contributed by atoms with E-state index < -0.39 is 11.6 Å². The summed E-state index contributed by atoms with van der Waals surface area (Å²) in [6.45, 7) is 1.34. The minimum Gasteiger partial charge on any atom is -0.508 e. The van der Waals surface area contributed by atoms with Gasteiger partial charge in [-0.05, 0) is 62.1 Å². The lowest BCUT2D eigenvalue weighted by Gasteiger charge is -2.36. The Hall–Kier alpha value is -4.23. The van der Waals surface area contributed by atoms with Crippen molar-refractivity contribution in [1.82, 2.24) is 15.2 Å². The molecule has 2 atom stereocenters. The van der Waals surface area contributed by atoms with Crippen molar-refractivity contribution in [1.29, 1.82) is 0 Å². The number of nitrogens with one attached hydrogen (secondary N) is 1. The molecule has 3 aromatic rings. The van der Waals surface area contributed by atoms with Crippen molar-refractivity contribution < 1.29 is 23.4 Å². The first-order valence-electron chi connectivity index (χ1n) is 14.3. The van der Waals surface area contributed by atoms with E-state index >= 15 is 4.39 Å². The van der Waals surface area contributed by atoms with Gasteiger partial charge in [-0.15, -0.1) is 6.42 Å². The number of ether oxygens (including phenoxy) is 1. The molecule has 8 nitrogen and oxygen atoms in total. The highest BCUT2D eigenvalue weighted by Crippen LogP contribution is 2.43. The van der Waals surface area contributed by atoms with Crippen LogP contribution in [0.25, 0.3) is 22.0 Å². The van der Waals surface area contributed by atoms with Crippen LogP contribution in [0.1, 0.15) is 49.7 Å². The number of halogens is 2. The zero-order valence-electron chi connectivity index (χ0n) is 23.7. The van der Waals surface area contributed by atoms with Crippen molar-refractivity contribution in [3.8, 4) is 35.2 Å². The van der Waals surface area contributed by atoms with Crippen LogP contribution in [0.15, 0.2) is 29.3 Å². The number of nitrogens with zero attached hydrogens (tertiary/aromatic N) is 4. The van der Waals surface area contributed by atoms with Gasteiger partial charge in [0.2, 0.25) is 12.3 Å². The van der Waals surface area contributed by atoms with E-state index in [9.17, 15) is 14.3 Å². The van der Waals surface area contributed by atoms with Crippen molar-refractivity contribution in [2.75, 3.05) is 32.1 Å². The fourth-order valence-corrected chi connectivity index (χ4v) is 6.68. The molecule has 1 amide bonds. The molecule has 218 valence electrons. The molecule has 42 heavy (non-hydrogen) atoms. The van der Waals surface area contributed by atoms with E-state index in [4.69, 9.17) is 16.1 Å². The number of rotatable bonds is 6. The number of fused-ring (bicyclic) bond motifs is 3. The van der Waals surface area contributed by atoms with E-state index in [0.29, 0.717) is 30.7 Å². The van der Waals surface area contributed by atoms with Crippen LogP contribution in [0.4, 0.5) is 14.5 Å². The molecule has 0 radical (unpaired) electrons. The molecule has 2 N–H and O–H groups in total. The van der Waals surface area contributed by atoms with Gasteiger partial charge < -0.3 is 25.0 Å². The topological polar surface area (TPSA) is 90.3 Å². The van der Waals surface area contributed by atoms with Gasteiger partial charge in [-0.3, -0.25) is 9.79 Å². The zero-order chi connectivity index (χ0) is 29.5. The SMILES string of the molecule is C#Cc1c(F)ccc2cc(O)cc(-c3nc(OC4CCCC4)c(C(=NC)N4CC5CCC(C4)N5)c(N(C)C=O)c3F)c12. The minimum absolute atomic E-state index is 0.0652. The Bertz CT molecular complexity index is 1620. The molecule has 2 aliphatic heterocycles. The summed E-state index contributed by atoms with van der Waals surface area (Å²) in [5.74, 6) is 1.32. The number of carbonyl (C=O) groups is 1. The highest BCUT2D eigenvalue weighted by molar-refractivity contribution is 6.09. The van der Waals surface area contributed by atoms with E-state index in [2.05, 4.69) is 21.1 Å². The molecule has 6 rings (SSSR count). The van der Waals surface area contributed by atoms with Gasteiger partial charge in [-0.25, -0.2) is 13.8 Å². The Morgan fingerprint density at radius 1 is 1.21 bits per heavy atom. The van der Waals surface area contributed by atoms with Gasteiger partial charge in [0.15, 0.2) is 5.82 Å². The number of phenols is 1. The quantitative estimate of drug-likeness (QED) is 0.194. The van der Waals surface area contributed by atoms with Crippen molar-refractivity contribution in [2.24, 2.45) is 4.99 Å². The van der Waals surface area contributed by atoms with Crippen LogP contribution in [0.3, 0.4) is 0 Å². The van der Waals surface area contributed by atoms with Crippen LogP contribution in [0.2, 0.25) is 0 Å². The Labute approximate surface area is 243 Å².